The van der Waals surface area contributed by atoms with E-state index in [0.29, 0.717) is 41.4 Å². The normalized spacial score (nSPS) is 15.3. The Bertz CT molecular complexity index is 1210. The largest absolute Gasteiger partial charge is 0.467 e. The molecule has 1 aliphatic rings. The number of imidazole rings is 1. The number of piperidine rings is 1. The molecule has 1 amide bonds. The molecule has 0 unspecified atom stereocenters. The van der Waals surface area contributed by atoms with Gasteiger partial charge < -0.3 is 14.6 Å². The molecule has 1 aliphatic heterocycles. The van der Waals surface area contributed by atoms with Gasteiger partial charge in [0.1, 0.15) is 17.4 Å². The van der Waals surface area contributed by atoms with Crippen LogP contribution < -0.4 is 4.74 Å². The lowest BCUT2D eigenvalue weighted by Crippen LogP contribution is -2.41. The van der Waals surface area contributed by atoms with Crippen molar-refractivity contribution in [1.29, 1.82) is 0 Å². The number of H-pyrrole nitrogens is 1. The molecule has 6 nitrogen and oxygen atoms in total. The number of thiazole rings is 1. The van der Waals surface area contributed by atoms with Crippen molar-refractivity contribution in [2.75, 3.05) is 13.1 Å². The maximum Gasteiger partial charge on any atom is 0.274 e. The van der Waals surface area contributed by atoms with Gasteiger partial charge in [-0.25, -0.2) is 13.8 Å². The molecule has 1 saturated heterocycles. The number of nitrogens with zero attached hydrogens (tertiary/aromatic N) is 3. The van der Waals surface area contributed by atoms with Crippen molar-refractivity contribution < 1.29 is 18.3 Å². The number of halogens is 2. The van der Waals surface area contributed by atoms with Crippen LogP contribution in [0.3, 0.4) is 0 Å². The van der Waals surface area contributed by atoms with Crippen LogP contribution in [0.5, 0.6) is 5.19 Å². The Morgan fingerprint density at radius 1 is 1.21 bits per heavy atom. The average molecular weight is 414 g/mol. The Morgan fingerprint density at radius 3 is 2.86 bits per heavy atom. The highest BCUT2D eigenvalue weighted by atomic mass is 32.1. The number of hydrogen-bond donors (Lipinski definition) is 1. The third kappa shape index (κ3) is 3.42. The lowest BCUT2D eigenvalue weighted by Gasteiger charge is -2.31. The molecular weight excluding hydrogens is 398 g/mol. The molecule has 148 valence electrons. The van der Waals surface area contributed by atoms with E-state index in [9.17, 15) is 13.6 Å². The number of carbonyl (C=O) groups excluding carboxylic acids is 1. The molecule has 0 aliphatic carbocycles. The first-order chi connectivity index (χ1) is 14.1. The summed E-state index contributed by atoms with van der Waals surface area (Å²) in [6.07, 6.45) is 2.77. The van der Waals surface area contributed by atoms with Crippen LogP contribution in [0.15, 0.2) is 36.7 Å². The molecule has 0 radical (unpaired) electrons. The molecule has 3 heterocycles. The van der Waals surface area contributed by atoms with E-state index in [2.05, 4.69) is 15.0 Å². The van der Waals surface area contributed by atoms with Crippen LogP contribution in [0.25, 0.3) is 21.3 Å². The molecule has 0 bridgehead atoms. The number of benzene rings is 2. The number of aromatic amines is 1. The molecule has 0 saturated carbocycles. The summed E-state index contributed by atoms with van der Waals surface area (Å²) < 4.78 is 33.5. The SMILES string of the molecule is O=C(c1ccc2nc[nH]c2c1)N1CCC(Oc2nc3c(F)cc(F)cc3s2)CC1. The molecule has 9 heteroatoms. The molecule has 4 aromatic rings. The van der Waals surface area contributed by atoms with Crippen LogP contribution in [0.2, 0.25) is 0 Å². The number of amides is 1. The first kappa shape index (κ1) is 18.0. The topological polar surface area (TPSA) is 71.1 Å². The minimum atomic E-state index is -0.694. The summed E-state index contributed by atoms with van der Waals surface area (Å²) in [6, 6.07) is 7.48. The van der Waals surface area contributed by atoms with Gasteiger partial charge in [-0.15, -0.1) is 0 Å². The third-order valence-corrected chi connectivity index (χ3v) is 5.95. The number of carbonyl (C=O) groups is 1. The standard InChI is InChI=1S/C20H16F2N4O2S/c21-12-8-14(22)18-17(9-12)29-20(25-18)28-13-3-5-26(6-4-13)19(27)11-1-2-15-16(7-11)24-10-23-15/h1-2,7-10,13H,3-6H2,(H,23,24). The molecule has 2 aromatic heterocycles. The molecule has 1 N–H and O–H groups in total. The lowest BCUT2D eigenvalue weighted by atomic mass is 10.1. The summed E-state index contributed by atoms with van der Waals surface area (Å²) in [5.74, 6) is -1.36. The van der Waals surface area contributed by atoms with E-state index in [1.54, 1.807) is 17.3 Å². The van der Waals surface area contributed by atoms with E-state index >= 15 is 0 Å². The van der Waals surface area contributed by atoms with Crippen molar-refractivity contribution in [3.63, 3.8) is 0 Å². The van der Waals surface area contributed by atoms with Gasteiger partial charge in [0.05, 0.1) is 22.1 Å². The highest BCUT2D eigenvalue weighted by Gasteiger charge is 2.26. The van der Waals surface area contributed by atoms with Gasteiger partial charge in [-0.2, -0.15) is 4.98 Å². The maximum atomic E-state index is 13.8. The predicted molar refractivity (Wildman–Crippen MR) is 105 cm³/mol. The molecule has 0 atom stereocenters. The molecule has 29 heavy (non-hydrogen) atoms. The number of hydrogen-bond acceptors (Lipinski definition) is 5. The van der Waals surface area contributed by atoms with Crippen LogP contribution in [0, 0.1) is 11.6 Å². The smallest absolute Gasteiger partial charge is 0.274 e. The number of ether oxygens (including phenoxy) is 1. The highest BCUT2D eigenvalue weighted by molar-refractivity contribution is 7.20. The second-order valence-corrected chi connectivity index (χ2v) is 7.95. The Labute approximate surface area is 168 Å². The monoisotopic (exact) mass is 414 g/mol. The molecule has 5 rings (SSSR count). The van der Waals surface area contributed by atoms with Crippen molar-refractivity contribution in [3.05, 3.63) is 53.9 Å². The summed E-state index contributed by atoms with van der Waals surface area (Å²) in [5, 5.41) is 0.318. The van der Waals surface area contributed by atoms with E-state index in [1.165, 1.54) is 6.07 Å². The van der Waals surface area contributed by atoms with Crippen molar-refractivity contribution in [3.8, 4) is 5.19 Å². The van der Waals surface area contributed by atoms with Crippen molar-refractivity contribution in [2.45, 2.75) is 18.9 Å². The van der Waals surface area contributed by atoms with Crippen molar-refractivity contribution in [2.24, 2.45) is 0 Å². The van der Waals surface area contributed by atoms with Gasteiger partial charge in [0, 0.05) is 37.6 Å². The maximum absolute atomic E-state index is 13.8. The minimum Gasteiger partial charge on any atom is -0.467 e. The summed E-state index contributed by atoms with van der Waals surface area (Å²) in [7, 11) is 0. The summed E-state index contributed by atoms with van der Waals surface area (Å²) in [4.78, 5) is 25.9. The van der Waals surface area contributed by atoms with Crippen LogP contribution >= 0.6 is 11.3 Å². The van der Waals surface area contributed by atoms with Gasteiger partial charge in [0.2, 0.25) is 0 Å². The van der Waals surface area contributed by atoms with E-state index in [-0.39, 0.29) is 17.5 Å². The quantitative estimate of drug-likeness (QED) is 0.547. The van der Waals surface area contributed by atoms with E-state index in [1.807, 2.05) is 12.1 Å². The van der Waals surface area contributed by atoms with E-state index in [0.717, 1.165) is 28.4 Å². The Hall–Kier alpha value is -3.07. The average Bonchev–Trinajstić information content (AvgIpc) is 3.34. The van der Waals surface area contributed by atoms with Gasteiger partial charge in [-0.3, -0.25) is 4.79 Å². The zero-order valence-electron chi connectivity index (χ0n) is 15.2. The van der Waals surface area contributed by atoms with Gasteiger partial charge in [-0.05, 0) is 24.3 Å². The Balaban J connectivity index is 1.24. The van der Waals surface area contributed by atoms with Gasteiger partial charge in [0.15, 0.2) is 5.82 Å². The second-order valence-electron chi connectivity index (χ2n) is 6.96. The van der Waals surface area contributed by atoms with E-state index in [4.69, 9.17) is 4.74 Å². The second kappa shape index (κ2) is 7.07. The number of fused-ring (bicyclic) bond motifs is 2. The van der Waals surface area contributed by atoms with E-state index < -0.39 is 11.6 Å². The fourth-order valence-corrected chi connectivity index (χ4v) is 4.48. The van der Waals surface area contributed by atoms with Crippen LogP contribution in [0.1, 0.15) is 23.2 Å². The van der Waals surface area contributed by atoms with Crippen molar-refractivity contribution >= 4 is 38.5 Å². The highest BCUT2D eigenvalue weighted by Crippen LogP contribution is 2.32. The van der Waals surface area contributed by atoms with Gasteiger partial charge >= 0.3 is 0 Å². The zero-order chi connectivity index (χ0) is 20.0. The molecule has 0 spiro atoms. The first-order valence-electron chi connectivity index (χ1n) is 9.21. The zero-order valence-corrected chi connectivity index (χ0v) is 16.0. The fourth-order valence-electron chi connectivity index (χ4n) is 3.56. The van der Waals surface area contributed by atoms with Crippen LogP contribution in [-0.4, -0.2) is 45.0 Å². The predicted octanol–water partition coefficient (Wildman–Crippen LogP) is 4.13. The minimum absolute atomic E-state index is 0.0301. The first-order valence-corrected chi connectivity index (χ1v) is 10.0. The number of rotatable bonds is 3. The molecular formula is C20H16F2N4O2S. The number of aromatic nitrogens is 3. The summed E-state index contributed by atoms with van der Waals surface area (Å²) >= 11 is 1.12. The number of likely N-dealkylation sites (tertiary alicyclic amines) is 1. The van der Waals surface area contributed by atoms with Gasteiger partial charge in [0.25, 0.3) is 11.1 Å². The van der Waals surface area contributed by atoms with Crippen LogP contribution in [0.4, 0.5) is 8.78 Å². The number of nitrogens with one attached hydrogen (secondary N) is 1. The van der Waals surface area contributed by atoms with Crippen molar-refractivity contribution in [1.82, 2.24) is 19.9 Å². The van der Waals surface area contributed by atoms with Gasteiger partial charge in [-0.1, -0.05) is 11.3 Å². The Morgan fingerprint density at radius 2 is 2.03 bits per heavy atom. The lowest BCUT2D eigenvalue weighted by molar-refractivity contribution is 0.0595. The fraction of sp³-hybridized carbons (Fsp3) is 0.250. The molecule has 1 fully saturated rings. The summed E-state index contributed by atoms with van der Waals surface area (Å²) in [5.41, 5.74) is 2.38. The molecule has 2 aromatic carbocycles. The Kier molecular flexibility index (Phi) is 4.39. The summed E-state index contributed by atoms with van der Waals surface area (Å²) in [6.45, 7) is 1.11. The van der Waals surface area contributed by atoms with Crippen LogP contribution in [-0.2, 0) is 0 Å². The third-order valence-electron chi connectivity index (χ3n) is 5.06.